The second-order valence-corrected chi connectivity index (χ2v) is 17.0. The van der Waals surface area contributed by atoms with Gasteiger partial charge in [0.05, 0.1) is 0 Å². The summed E-state index contributed by atoms with van der Waals surface area (Å²) < 4.78 is 0. The summed E-state index contributed by atoms with van der Waals surface area (Å²) in [5.74, 6) is -1.98. The van der Waals surface area contributed by atoms with Gasteiger partial charge in [0.25, 0.3) is 5.78 Å². The maximum absolute atomic E-state index is 13.3. The maximum Gasteiger partial charge on any atom is 0.373 e. The topological polar surface area (TPSA) is 98.2 Å². The molecular formula is C38H64N2O5. The zero-order valence-corrected chi connectivity index (χ0v) is 30.1. The summed E-state index contributed by atoms with van der Waals surface area (Å²) in [4.78, 5) is 42.5. The molecule has 4 aliphatic rings. The van der Waals surface area contributed by atoms with Crippen LogP contribution in [0, 0.1) is 58.2 Å². The molecule has 0 aromatic heterocycles. The molecule has 7 heteroatoms. The maximum atomic E-state index is 13.3. The Morgan fingerprint density at radius 3 is 2.18 bits per heavy atom. The number of allylic oxidation sites excluding steroid dienone is 1. The summed E-state index contributed by atoms with van der Waals surface area (Å²) >= 11 is 0. The highest BCUT2D eigenvalue weighted by Gasteiger charge is 2.68. The van der Waals surface area contributed by atoms with Gasteiger partial charge >= 0.3 is 11.9 Å². The monoisotopic (exact) mass is 628 g/mol. The van der Waals surface area contributed by atoms with E-state index in [2.05, 4.69) is 66.6 Å². The Morgan fingerprint density at radius 1 is 0.978 bits per heavy atom. The number of carbonyl (C=O) groups excluding carboxylic acids is 1. The molecule has 3 saturated carbocycles. The molecule has 0 spiro atoms. The highest BCUT2D eigenvalue weighted by molar-refractivity contribution is 6.37. The van der Waals surface area contributed by atoms with Crippen LogP contribution in [0.4, 0.5) is 0 Å². The van der Waals surface area contributed by atoms with Crippen molar-refractivity contribution in [2.45, 2.75) is 124 Å². The number of nitrogens with zero attached hydrogens (tertiary/aromatic N) is 2. The fraction of sp³-hybridized carbons (Fsp3) is 0.868. The third kappa shape index (κ3) is 5.85. The Balaban J connectivity index is 1.78. The van der Waals surface area contributed by atoms with Crippen molar-refractivity contribution in [3.63, 3.8) is 0 Å². The van der Waals surface area contributed by atoms with Gasteiger partial charge in [-0.15, -0.1) is 0 Å². The Bertz CT molecular complexity index is 1150. The molecular weight excluding hydrogens is 564 g/mol. The van der Waals surface area contributed by atoms with E-state index in [0.717, 1.165) is 37.0 Å². The number of hydrogen-bond donors (Lipinski definition) is 2. The molecule has 11 atom stereocenters. The van der Waals surface area contributed by atoms with Crippen LogP contribution in [0.25, 0.3) is 0 Å². The molecule has 0 saturated heterocycles. The van der Waals surface area contributed by atoms with E-state index in [0.29, 0.717) is 29.6 Å². The molecule has 0 aromatic carbocycles. The van der Waals surface area contributed by atoms with Crippen LogP contribution in [0.15, 0.2) is 11.6 Å². The minimum absolute atomic E-state index is 0.0207. The van der Waals surface area contributed by atoms with E-state index in [4.69, 9.17) is 0 Å². The fourth-order valence-electron chi connectivity index (χ4n) is 12.3. The van der Waals surface area contributed by atoms with Gasteiger partial charge in [-0.05, 0) is 120 Å². The standard InChI is InChI=1S/C38H64N2O5/c1-11-13-30-33(39(7)8)37(6)25(22-38(30,40(9)10)31(34(42)43)32(41)35(44)45)16-17-26-28-19-18-27(24(4)15-12-14-23(2)3)36(28,5)21-20-29(26)37/h16,23-24,26-31,33H,11-15,17-22H2,1-10H3,(H,42,43)(H,44,45)/t24-,26?,27-,28?,29?,30?,31+,33?,36-,37+,38?/m1/s1. The number of carboxylic acids is 2. The quantitative estimate of drug-likeness (QED) is 0.126. The van der Waals surface area contributed by atoms with Crippen molar-refractivity contribution < 1.29 is 24.6 Å². The van der Waals surface area contributed by atoms with Gasteiger partial charge in [-0.3, -0.25) is 9.59 Å². The van der Waals surface area contributed by atoms with Gasteiger partial charge in [0.2, 0.25) is 0 Å². The van der Waals surface area contributed by atoms with Gasteiger partial charge in [-0.1, -0.05) is 78.9 Å². The van der Waals surface area contributed by atoms with E-state index < -0.39 is 29.2 Å². The van der Waals surface area contributed by atoms with Gasteiger partial charge in [0.15, 0.2) is 0 Å². The highest BCUT2D eigenvalue weighted by atomic mass is 16.4. The van der Waals surface area contributed by atoms with Crippen molar-refractivity contribution in [2.75, 3.05) is 28.2 Å². The first-order valence-corrected chi connectivity index (χ1v) is 18.0. The van der Waals surface area contributed by atoms with E-state index in [-0.39, 0.29) is 17.4 Å². The van der Waals surface area contributed by atoms with Crippen molar-refractivity contribution in [1.82, 2.24) is 9.80 Å². The second kappa shape index (κ2) is 13.4. The number of ketones is 1. The molecule has 2 N–H and O–H groups in total. The van der Waals surface area contributed by atoms with Gasteiger partial charge in [0.1, 0.15) is 5.92 Å². The summed E-state index contributed by atoms with van der Waals surface area (Å²) in [7, 11) is 7.92. The fourth-order valence-corrected chi connectivity index (χ4v) is 12.3. The molecule has 0 aliphatic heterocycles. The number of fused-ring (bicyclic) bond motifs is 5. The Hall–Kier alpha value is -1.73. The average Bonchev–Trinajstić information content (AvgIpc) is 3.30. The lowest BCUT2D eigenvalue weighted by Crippen LogP contribution is -2.72. The lowest BCUT2D eigenvalue weighted by molar-refractivity contribution is -0.172. The summed E-state index contributed by atoms with van der Waals surface area (Å²) in [5, 5.41) is 20.4. The first-order chi connectivity index (χ1) is 21.0. The van der Waals surface area contributed by atoms with E-state index in [1.54, 1.807) is 0 Å². The van der Waals surface area contributed by atoms with Gasteiger partial charge in [-0.25, -0.2) is 4.79 Å². The predicted octanol–water partition coefficient (Wildman–Crippen LogP) is 7.25. The van der Waals surface area contributed by atoms with E-state index >= 15 is 0 Å². The summed E-state index contributed by atoms with van der Waals surface area (Å²) in [5.41, 5.74) is 0.287. The molecule has 4 aliphatic carbocycles. The average molecular weight is 629 g/mol. The first-order valence-electron chi connectivity index (χ1n) is 18.0. The van der Waals surface area contributed by atoms with Crippen LogP contribution in [-0.2, 0) is 14.4 Å². The van der Waals surface area contributed by atoms with Crippen molar-refractivity contribution in [3.05, 3.63) is 11.6 Å². The van der Waals surface area contributed by atoms with Gasteiger partial charge in [-0.2, -0.15) is 0 Å². The zero-order chi connectivity index (χ0) is 33.6. The number of rotatable bonds is 13. The van der Waals surface area contributed by atoms with E-state index in [1.165, 1.54) is 50.5 Å². The van der Waals surface area contributed by atoms with Crippen LogP contribution in [0.1, 0.15) is 112 Å². The van der Waals surface area contributed by atoms with Crippen LogP contribution in [-0.4, -0.2) is 77.5 Å². The molecule has 6 unspecified atom stereocenters. The number of carbonyl (C=O) groups is 3. The third-order valence-electron chi connectivity index (χ3n) is 14.1. The molecule has 7 nitrogen and oxygen atoms in total. The number of hydrogen-bond acceptors (Lipinski definition) is 5. The van der Waals surface area contributed by atoms with Crippen LogP contribution < -0.4 is 0 Å². The largest absolute Gasteiger partial charge is 0.481 e. The van der Waals surface area contributed by atoms with Crippen LogP contribution in [0.3, 0.4) is 0 Å². The number of carboxylic acid groups (broad SMARTS) is 2. The molecule has 0 aromatic rings. The molecule has 0 bridgehead atoms. The van der Waals surface area contributed by atoms with E-state index in [9.17, 15) is 24.6 Å². The van der Waals surface area contributed by atoms with Gasteiger partial charge in [0, 0.05) is 17.0 Å². The molecule has 45 heavy (non-hydrogen) atoms. The Morgan fingerprint density at radius 2 is 1.64 bits per heavy atom. The Kier molecular flexibility index (Phi) is 10.8. The second-order valence-electron chi connectivity index (χ2n) is 17.0. The normalized spacial score (nSPS) is 39.2. The van der Waals surface area contributed by atoms with Gasteiger partial charge < -0.3 is 20.0 Å². The zero-order valence-electron chi connectivity index (χ0n) is 30.1. The molecule has 3 fully saturated rings. The predicted molar refractivity (Wildman–Crippen MR) is 180 cm³/mol. The molecule has 0 heterocycles. The molecule has 256 valence electrons. The SMILES string of the molecule is CCCC1C(N(C)C)[C@@]2(C)C(=CCC3C2CC[C@@]2(C)C3CC[C@@H]2[C@H](C)CCCC(C)C)CC1([C@H](C(=O)O)C(=O)C(=O)O)N(C)C. The Labute approximate surface area is 273 Å². The molecule has 0 radical (unpaired) electrons. The van der Waals surface area contributed by atoms with Crippen molar-refractivity contribution in [1.29, 1.82) is 0 Å². The van der Waals surface area contributed by atoms with Crippen LogP contribution in [0.5, 0.6) is 0 Å². The minimum atomic E-state index is -1.66. The van der Waals surface area contributed by atoms with Crippen LogP contribution in [0.2, 0.25) is 0 Å². The van der Waals surface area contributed by atoms with Crippen molar-refractivity contribution >= 4 is 17.7 Å². The summed E-state index contributed by atoms with van der Waals surface area (Å²) in [6.07, 6.45) is 14.4. The van der Waals surface area contributed by atoms with Crippen molar-refractivity contribution in [2.24, 2.45) is 58.2 Å². The van der Waals surface area contributed by atoms with Crippen molar-refractivity contribution in [3.8, 4) is 0 Å². The molecule has 4 rings (SSSR count). The first kappa shape index (κ1) is 36.1. The smallest absolute Gasteiger partial charge is 0.373 e. The lowest BCUT2D eigenvalue weighted by atomic mass is 9.42. The molecule has 0 amide bonds. The highest BCUT2D eigenvalue weighted by Crippen LogP contribution is 2.69. The number of aliphatic carboxylic acids is 2. The minimum Gasteiger partial charge on any atom is -0.481 e. The summed E-state index contributed by atoms with van der Waals surface area (Å²) in [6.45, 7) is 14.4. The lowest BCUT2D eigenvalue weighted by Gasteiger charge is -2.67. The number of Topliss-reactive ketones (excluding diaryl/α,β-unsaturated/α-hetero) is 1. The third-order valence-corrected chi connectivity index (χ3v) is 14.1. The summed E-state index contributed by atoms with van der Waals surface area (Å²) in [6, 6.07) is -0.0207. The van der Waals surface area contributed by atoms with E-state index in [1.807, 2.05) is 19.0 Å². The van der Waals surface area contributed by atoms with Crippen LogP contribution >= 0.6 is 0 Å².